The van der Waals surface area contributed by atoms with Crippen molar-refractivity contribution in [3.63, 3.8) is 0 Å². The van der Waals surface area contributed by atoms with E-state index in [2.05, 4.69) is 92.9 Å². The van der Waals surface area contributed by atoms with Crippen molar-refractivity contribution in [2.24, 2.45) is 0 Å². The molecule has 0 radical (unpaired) electrons. The Labute approximate surface area is 495 Å². The lowest BCUT2D eigenvalue weighted by Gasteiger charge is -2.27. The number of esters is 1. The Morgan fingerprint density at radius 2 is 0.812 bits per heavy atom. The van der Waals surface area contributed by atoms with Crippen molar-refractivity contribution in [2.75, 3.05) is 40.9 Å². The van der Waals surface area contributed by atoms with Gasteiger partial charge in [-0.3, -0.25) is 18.6 Å². The zero-order valence-corrected chi connectivity index (χ0v) is 54.0. The molecule has 0 rings (SSSR count). The number of ether oxygens (including phenoxy) is 1. The van der Waals surface area contributed by atoms with E-state index in [1.54, 1.807) is 0 Å². The topological polar surface area (TPSA) is 111 Å². The molecule has 9 nitrogen and oxygen atoms in total. The van der Waals surface area contributed by atoms with Crippen molar-refractivity contribution in [2.45, 2.75) is 309 Å². The molecule has 0 heterocycles. The maximum absolute atomic E-state index is 13.6. The molecule has 0 fully saturated rings. The molecule has 80 heavy (non-hydrogen) atoms. The van der Waals surface area contributed by atoms with E-state index in [1.807, 2.05) is 39.4 Å². The molecule has 0 aromatic carbocycles. The second-order valence-corrected chi connectivity index (χ2v) is 25.1. The van der Waals surface area contributed by atoms with Crippen LogP contribution in [0.4, 0.5) is 0 Å². The van der Waals surface area contributed by atoms with E-state index in [9.17, 15) is 19.0 Å². The number of carbonyl (C=O) groups is 2. The number of hydrogen-bond acceptors (Lipinski definition) is 6. The normalized spacial score (nSPS) is 14.1. The van der Waals surface area contributed by atoms with Crippen LogP contribution in [0.25, 0.3) is 0 Å². The Kier molecular flexibility index (Phi) is 57.3. The first-order valence-electron chi connectivity index (χ1n) is 33.4. The summed E-state index contributed by atoms with van der Waals surface area (Å²) in [4.78, 5) is 37.8. The van der Waals surface area contributed by atoms with Gasteiger partial charge in [0.2, 0.25) is 5.91 Å². The summed E-state index contributed by atoms with van der Waals surface area (Å²) in [6, 6.07) is -0.881. The number of unbranched alkanes of at least 4 members (excludes halogenated alkanes) is 32. The monoisotopic (exact) mass is 1140 g/mol. The molecule has 0 aromatic rings. The molecule has 1 amide bonds. The van der Waals surface area contributed by atoms with E-state index in [-0.39, 0.29) is 25.5 Å². The number of carbonyl (C=O) groups excluding carboxylic acids is 2. The van der Waals surface area contributed by atoms with Crippen molar-refractivity contribution in [3.05, 3.63) is 85.1 Å². The zero-order valence-electron chi connectivity index (χ0n) is 53.1. The Hall–Kier alpha value is -2.81. The minimum Gasteiger partial charge on any atom is -0.456 e. The molecule has 0 bridgehead atoms. The third-order valence-electron chi connectivity index (χ3n) is 14.6. The molecule has 3 unspecified atom stereocenters. The third kappa shape index (κ3) is 59.8. The summed E-state index contributed by atoms with van der Waals surface area (Å²) in [5, 5.41) is 3.05. The number of allylic oxidation sites excluding steroid dienone is 13. The number of amides is 1. The van der Waals surface area contributed by atoms with Gasteiger partial charge in [-0.05, 0) is 70.3 Å². The first-order valence-corrected chi connectivity index (χ1v) is 34.9. The summed E-state index contributed by atoms with van der Waals surface area (Å²) in [7, 11) is 1.46. The highest BCUT2D eigenvalue weighted by molar-refractivity contribution is 7.47. The second kappa shape index (κ2) is 59.4. The molecule has 3 atom stereocenters. The maximum atomic E-state index is 13.6. The Morgan fingerprint density at radius 3 is 1.20 bits per heavy atom. The first kappa shape index (κ1) is 77.2. The minimum absolute atomic E-state index is 0.0274. The third-order valence-corrected chi connectivity index (χ3v) is 15.6. The minimum atomic E-state index is -4.47. The molecular weight excluding hydrogens is 1010 g/mol. The van der Waals surface area contributed by atoms with Gasteiger partial charge in [-0.2, -0.15) is 0 Å². The quantitative estimate of drug-likeness (QED) is 0.0205. The van der Waals surface area contributed by atoms with Crippen molar-refractivity contribution >= 4 is 19.7 Å². The summed E-state index contributed by atoms with van der Waals surface area (Å²) in [5.41, 5.74) is 0. The fourth-order valence-corrected chi connectivity index (χ4v) is 10.2. The van der Waals surface area contributed by atoms with Crippen molar-refractivity contribution in [3.8, 4) is 0 Å². The van der Waals surface area contributed by atoms with E-state index >= 15 is 0 Å². The molecule has 0 aliphatic heterocycles. The summed E-state index contributed by atoms with van der Waals surface area (Å²) >= 11 is 0. The van der Waals surface area contributed by atoms with E-state index < -0.39 is 25.9 Å². The fourth-order valence-electron chi connectivity index (χ4n) is 9.50. The molecule has 2 N–H and O–H groups in total. The second-order valence-electron chi connectivity index (χ2n) is 23.6. The van der Waals surface area contributed by atoms with E-state index in [0.717, 1.165) is 77.0 Å². The molecular formula is C70H128N2O7P+. The van der Waals surface area contributed by atoms with Crippen LogP contribution >= 0.6 is 7.82 Å². The number of likely N-dealkylation sites (N-methyl/N-ethyl adjacent to an activating group) is 1. The number of phosphoric acid groups is 1. The van der Waals surface area contributed by atoms with Crippen LogP contribution in [0.3, 0.4) is 0 Å². The van der Waals surface area contributed by atoms with Gasteiger partial charge < -0.3 is 19.4 Å². The van der Waals surface area contributed by atoms with E-state index in [4.69, 9.17) is 13.8 Å². The van der Waals surface area contributed by atoms with E-state index in [1.165, 1.54) is 180 Å². The molecule has 10 heteroatoms. The predicted octanol–water partition coefficient (Wildman–Crippen LogP) is 21.0. The van der Waals surface area contributed by atoms with Gasteiger partial charge in [0.25, 0.3) is 0 Å². The average Bonchev–Trinajstić information content (AvgIpc) is 3.43. The lowest BCUT2D eigenvalue weighted by Crippen LogP contribution is -2.47. The van der Waals surface area contributed by atoms with Gasteiger partial charge in [0.15, 0.2) is 0 Å². The maximum Gasteiger partial charge on any atom is 0.472 e. The average molecular weight is 1140 g/mol. The van der Waals surface area contributed by atoms with Crippen LogP contribution in [-0.4, -0.2) is 74.3 Å². The highest BCUT2D eigenvalue weighted by Crippen LogP contribution is 2.43. The molecule has 464 valence electrons. The number of nitrogens with one attached hydrogen (secondary N) is 1. The number of quaternary nitrogens is 1. The largest absolute Gasteiger partial charge is 0.472 e. The number of rotatable bonds is 60. The number of phosphoric ester groups is 1. The van der Waals surface area contributed by atoms with Crippen LogP contribution in [0, 0.1) is 0 Å². The van der Waals surface area contributed by atoms with Gasteiger partial charge in [-0.15, -0.1) is 0 Å². The van der Waals surface area contributed by atoms with Crippen LogP contribution < -0.4 is 5.32 Å². The van der Waals surface area contributed by atoms with Crippen LogP contribution in [0.5, 0.6) is 0 Å². The zero-order chi connectivity index (χ0) is 58.6. The van der Waals surface area contributed by atoms with Crippen LogP contribution in [-0.2, 0) is 27.9 Å². The summed E-state index contributed by atoms with van der Waals surface area (Å²) in [6.45, 7) is 6.88. The Balaban J connectivity index is 5.22. The summed E-state index contributed by atoms with van der Waals surface area (Å²) in [6.07, 6.45) is 79.0. The fraction of sp³-hybridized carbons (Fsp3) is 0.771. The predicted molar refractivity (Wildman–Crippen MR) is 346 cm³/mol. The molecule has 0 saturated heterocycles. The van der Waals surface area contributed by atoms with Gasteiger partial charge >= 0.3 is 13.8 Å². The van der Waals surface area contributed by atoms with Gasteiger partial charge in [0.05, 0.1) is 33.8 Å². The lowest BCUT2D eigenvalue weighted by atomic mass is 10.0. The van der Waals surface area contributed by atoms with Crippen molar-refractivity contribution in [1.82, 2.24) is 5.32 Å². The highest BCUT2D eigenvalue weighted by Gasteiger charge is 2.30. The molecule has 0 spiro atoms. The molecule has 0 aliphatic rings. The highest BCUT2D eigenvalue weighted by atomic mass is 31.2. The van der Waals surface area contributed by atoms with E-state index in [0.29, 0.717) is 23.9 Å². The summed E-state index contributed by atoms with van der Waals surface area (Å²) < 4.78 is 30.7. The van der Waals surface area contributed by atoms with Gasteiger partial charge in [-0.25, -0.2) is 4.57 Å². The molecule has 0 aromatic heterocycles. The van der Waals surface area contributed by atoms with Crippen molar-refractivity contribution in [1.29, 1.82) is 0 Å². The Bertz CT molecular complexity index is 1640. The standard InChI is InChI=1S/C70H127N2O7P/c1-7-10-13-16-19-22-25-28-30-32-34-35-36-37-39-40-42-44-47-50-53-56-59-62-69(73)71-67(66-78-80(75,76)77-65-64-72(4,5)6)68(61-58-55-52-49-46-27-24-21-18-15-12-9-3)79-70(74)63-60-57-54-51-48-45-43-41-38-33-31-29-26-23-20-17-14-11-8-2/h11,14,20,23,29,31,38,41,45,48,54,57-58,61,67-68H,7-10,12-13,15-19,21-22,24-28,30,32-37,39-40,42-44,46-47,49-53,55-56,59-60,62-66H2,1-6H3,(H-,71,73,75,76)/p+1/b14-11-,23-20-,31-29-,41-38-,48-45-,57-54-,61-58+. The smallest absolute Gasteiger partial charge is 0.456 e. The molecule has 0 saturated carbocycles. The van der Waals surface area contributed by atoms with Crippen molar-refractivity contribution < 1.29 is 37.3 Å². The molecule has 0 aliphatic carbocycles. The lowest BCUT2D eigenvalue weighted by molar-refractivity contribution is -0.870. The SMILES string of the molecule is CC/C=C\C/C=C\C/C=C\C/C=C\C/C=C\C/C=C\CCC(=O)OC(/C=C/CCCCCCCCCCCC)C(COP(=O)(O)OCC[N+](C)(C)C)NC(=O)CCCCCCCCCCCCCCCCCCCCCCCCC. The first-order chi connectivity index (χ1) is 38.9. The van der Waals surface area contributed by atoms with Gasteiger partial charge in [0, 0.05) is 12.8 Å². The van der Waals surface area contributed by atoms with Crippen LogP contribution in [0.15, 0.2) is 85.1 Å². The van der Waals surface area contributed by atoms with Gasteiger partial charge in [0.1, 0.15) is 19.3 Å². The summed E-state index contributed by atoms with van der Waals surface area (Å²) in [5.74, 6) is -0.596. The van der Waals surface area contributed by atoms with Gasteiger partial charge in [-0.1, -0.05) is 299 Å². The number of nitrogens with zero attached hydrogens (tertiary/aromatic N) is 1. The van der Waals surface area contributed by atoms with Crippen LogP contribution in [0.1, 0.15) is 297 Å². The Morgan fingerprint density at radius 1 is 0.450 bits per heavy atom. The number of hydrogen-bond donors (Lipinski definition) is 2. The van der Waals surface area contributed by atoms with Crippen LogP contribution in [0.2, 0.25) is 0 Å².